The second-order valence-corrected chi connectivity index (χ2v) is 6.74. The number of hydrogen-bond donors (Lipinski definition) is 3. The van der Waals surface area contributed by atoms with Crippen LogP contribution in [0.3, 0.4) is 0 Å². The first-order valence-electron chi connectivity index (χ1n) is 8.02. The molecule has 1 heterocycles. The zero-order valence-corrected chi connectivity index (χ0v) is 14.3. The van der Waals surface area contributed by atoms with Gasteiger partial charge in [0.25, 0.3) is 11.5 Å². The number of pyridine rings is 1. The van der Waals surface area contributed by atoms with Crippen LogP contribution in [0.25, 0.3) is 11.1 Å². The number of rotatable bonds is 6. The predicted molar refractivity (Wildman–Crippen MR) is 95.1 cm³/mol. The maximum absolute atomic E-state index is 12.4. The summed E-state index contributed by atoms with van der Waals surface area (Å²) in [7, 11) is 0. The number of aromatic amines is 1. The van der Waals surface area contributed by atoms with E-state index < -0.39 is 11.5 Å². The van der Waals surface area contributed by atoms with Crippen molar-refractivity contribution in [2.45, 2.75) is 27.2 Å². The van der Waals surface area contributed by atoms with E-state index in [9.17, 15) is 9.59 Å². The molecule has 0 aliphatic heterocycles. The SMILES string of the molecule is Cc1[nH]c(=O)c(C(=O)NCC(C)(C)CCO)cc1-c1ccccc1. The van der Waals surface area contributed by atoms with E-state index in [0.29, 0.717) is 13.0 Å². The van der Waals surface area contributed by atoms with E-state index in [4.69, 9.17) is 5.11 Å². The van der Waals surface area contributed by atoms with E-state index in [-0.39, 0.29) is 17.6 Å². The highest BCUT2D eigenvalue weighted by molar-refractivity contribution is 5.95. The fourth-order valence-electron chi connectivity index (χ4n) is 2.52. The van der Waals surface area contributed by atoms with Crippen molar-refractivity contribution in [2.24, 2.45) is 5.41 Å². The molecule has 2 rings (SSSR count). The fraction of sp³-hybridized carbons (Fsp3) is 0.368. The molecule has 128 valence electrons. The highest BCUT2D eigenvalue weighted by Crippen LogP contribution is 2.22. The second kappa shape index (κ2) is 7.45. The summed E-state index contributed by atoms with van der Waals surface area (Å²) in [5.41, 5.74) is 1.97. The van der Waals surface area contributed by atoms with E-state index in [1.807, 2.05) is 51.1 Å². The Hall–Kier alpha value is -2.40. The van der Waals surface area contributed by atoms with E-state index in [1.165, 1.54) is 0 Å². The lowest BCUT2D eigenvalue weighted by molar-refractivity contribution is 0.0926. The van der Waals surface area contributed by atoms with Gasteiger partial charge >= 0.3 is 0 Å². The first-order valence-corrected chi connectivity index (χ1v) is 8.02. The molecule has 0 radical (unpaired) electrons. The van der Waals surface area contributed by atoms with E-state index >= 15 is 0 Å². The van der Waals surface area contributed by atoms with Crippen LogP contribution in [0.5, 0.6) is 0 Å². The standard InChI is InChI=1S/C19H24N2O3/c1-13-15(14-7-5-4-6-8-14)11-16(18(24)21-13)17(23)20-12-19(2,3)9-10-22/h4-8,11,22H,9-10,12H2,1-3H3,(H,20,23)(H,21,24). The summed E-state index contributed by atoms with van der Waals surface area (Å²) >= 11 is 0. The van der Waals surface area contributed by atoms with Gasteiger partial charge in [-0.1, -0.05) is 44.2 Å². The Morgan fingerprint density at radius 2 is 1.92 bits per heavy atom. The first kappa shape index (κ1) is 17.9. The van der Waals surface area contributed by atoms with Gasteiger partial charge in [0.15, 0.2) is 0 Å². The van der Waals surface area contributed by atoms with Crippen molar-refractivity contribution in [3.05, 3.63) is 58.0 Å². The van der Waals surface area contributed by atoms with Crippen LogP contribution < -0.4 is 10.9 Å². The summed E-state index contributed by atoms with van der Waals surface area (Å²) in [5, 5.41) is 11.8. The van der Waals surface area contributed by atoms with Gasteiger partial charge in [0, 0.05) is 24.4 Å². The zero-order valence-electron chi connectivity index (χ0n) is 14.3. The van der Waals surface area contributed by atoms with Crippen LogP contribution in [0.4, 0.5) is 0 Å². The van der Waals surface area contributed by atoms with Gasteiger partial charge < -0.3 is 15.4 Å². The summed E-state index contributed by atoms with van der Waals surface area (Å²) < 4.78 is 0. The summed E-state index contributed by atoms with van der Waals surface area (Å²) in [4.78, 5) is 27.3. The third-order valence-electron chi connectivity index (χ3n) is 4.08. The van der Waals surface area contributed by atoms with Crippen molar-refractivity contribution >= 4 is 5.91 Å². The molecule has 24 heavy (non-hydrogen) atoms. The van der Waals surface area contributed by atoms with Crippen LogP contribution in [0.15, 0.2) is 41.2 Å². The van der Waals surface area contributed by atoms with E-state index in [0.717, 1.165) is 16.8 Å². The molecular formula is C19H24N2O3. The molecule has 1 amide bonds. The molecule has 0 spiro atoms. The minimum Gasteiger partial charge on any atom is -0.396 e. The molecule has 0 atom stereocenters. The maximum Gasteiger partial charge on any atom is 0.261 e. The Labute approximate surface area is 141 Å². The quantitative estimate of drug-likeness (QED) is 0.762. The normalized spacial score (nSPS) is 11.3. The third-order valence-corrected chi connectivity index (χ3v) is 4.08. The van der Waals surface area contributed by atoms with Crippen molar-refractivity contribution < 1.29 is 9.90 Å². The fourth-order valence-corrected chi connectivity index (χ4v) is 2.52. The van der Waals surface area contributed by atoms with Crippen LogP contribution in [-0.4, -0.2) is 29.1 Å². The van der Waals surface area contributed by atoms with Crippen molar-refractivity contribution in [3.8, 4) is 11.1 Å². The summed E-state index contributed by atoms with van der Waals surface area (Å²) in [6, 6.07) is 11.3. The number of aliphatic hydroxyl groups is 1. The lowest BCUT2D eigenvalue weighted by atomic mass is 9.89. The molecule has 0 aliphatic rings. The molecular weight excluding hydrogens is 304 g/mol. The van der Waals surface area contributed by atoms with Gasteiger partial charge in [-0.2, -0.15) is 0 Å². The highest BCUT2D eigenvalue weighted by atomic mass is 16.3. The molecule has 2 aromatic rings. The number of amides is 1. The first-order chi connectivity index (χ1) is 11.3. The average Bonchev–Trinajstić information content (AvgIpc) is 2.53. The number of aliphatic hydroxyl groups excluding tert-OH is 1. The molecule has 1 aromatic carbocycles. The van der Waals surface area contributed by atoms with Crippen LogP contribution in [0.1, 0.15) is 36.3 Å². The van der Waals surface area contributed by atoms with Gasteiger partial charge in [-0.05, 0) is 30.4 Å². The lowest BCUT2D eigenvalue weighted by Gasteiger charge is -2.23. The molecule has 0 saturated carbocycles. The number of carbonyl (C=O) groups excluding carboxylic acids is 1. The summed E-state index contributed by atoms with van der Waals surface area (Å²) in [6.07, 6.45) is 0.576. The van der Waals surface area contributed by atoms with Crippen LogP contribution >= 0.6 is 0 Å². The van der Waals surface area contributed by atoms with Crippen molar-refractivity contribution in [3.63, 3.8) is 0 Å². The topological polar surface area (TPSA) is 82.2 Å². The largest absolute Gasteiger partial charge is 0.396 e. The molecule has 0 bridgehead atoms. The molecule has 5 nitrogen and oxygen atoms in total. The van der Waals surface area contributed by atoms with Crippen LogP contribution in [-0.2, 0) is 0 Å². The van der Waals surface area contributed by atoms with Gasteiger partial charge in [-0.3, -0.25) is 9.59 Å². The van der Waals surface area contributed by atoms with Crippen molar-refractivity contribution in [2.75, 3.05) is 13.2 Å². The molecule has 3 N–H and O–H groups in total. The van der Waals surface area contributed by atoms with Gasteiger partial charge in [-0.25, -0.2) is 0 Å². The Bertz CT molecular complexity index is 764. The molecule has 0 aliphatic carbocycles. The van der Waals surface area contributed by atoms with Gasteiger partial charge in [0.05, 0.1) is 0 Å². The predicted octanol–water partition coefficient (Wildman–Crippen LogP) is 2.49. The smallest absolute Gasteiger partial charge is 0.261 e. The number of carbonyl (C=O) groups is 1. The van der Waals surface area contributed by atoms with Crippen molar-refractivity contribution in [1.82, 2.24) is 10.3 Å². The Morgan fingerprint density at radius 3 is 2.54 bits per heavy atom. The second-order valence-electron chi connectivity index (χ2n) is 6.74. The summed E-state index contributed by atoms with van der Waals surface area (Å²) in [6.45, 7) is 6.18. The number of hydrogen-bond acceptors (Lipinski definition) is 3. The molecule has 0 fully saturated rings. The minimum atomic E-state index is -0.403. The third kappa shape index (κ3) is 4.32. The summed E-state index contributed by atoms with van der Waals surface area (Å²) in [5.74, 6) is -0.403. The van der Waals surface area contributed by atoms with Gasteiger partial charge in [-0.15, -0.1) is 0 Å². The number of nitrogens with one attached hydrogen (secondary N) is 2. The number of aromatic nitrogens is 1. The van der Waals surface area contributed by atoms with Gasteiger partial charge in [0.1, 0.15) is 5.56 Å². The lowest BCUT2D eigenvalue weighted by Crippen LogP contribution is -2.37. The number of H-pyrrole nitrogens is 1. The van der Waals surface area contributed by atoms with Crippen LogP contribution in [0.2, 0.25) is 0 Å². The monoisotopic (exact) mass is 328 g/mol. The number of benzene rings is 1. The Morgan fingerprint density at radius 1 is 1.25 bits per heavy atom. The zero-order chi connectivity index (χ0) is 17.7. The van der Waals surface area contributed by atoms with E-state index in [2.05, 4.69) is 10.3 Å². The van der Waals surface area contributed by atoms with Gasteiger partial charge in [0.2, 0.25) is 0 Å². The average molecular weight is 328 g/mol. The van der Waals surface area contributed by atoms with Crippen LogP contribution in [0, 0.1) is 12.3 Å². The van der Waals surface area contributed by atoms with E-state index in [1.54, 1.807) is 6.07 Å². The minimum absolute atomic E-state index is 0.0616. The molecule has 0 unspecified atom stereocenters. The molecule has 0 saturated heterocycles. The van der Waals surface area contributed by atoms with Crippen molar-refractivity contribution in [1.29, 1.82) is 0 Å². The molecule has 5 heteroatoms. The number of aryl methyl sites for hydroxylation is 1. The Kier molecular flexibility index (Phi) is 5.57. The highest BCUT2D eigenvalue weighted by Gasteiger charge is 2.20. The molecule has 1 aromatic heterocycles. The maximum atomic E-state index is 12.4. The Balaban J connectivity index is 2.27.